The molecule has 3 rings (SSSR count). The number of benzene rings is 2. The second kappa shape index (κ2) is 6.97. The predicted molar refractivity (Wildman–Crippen MR) is 95.7 cm³/mol. The van der Waals surface area contributed by atoms with E-state index >= 15 is 0 Å². The van der Waals surface area contributed by atoms with Crippen LogP contribution in [-0.4, -0.2) is 16.1 Å². The van der Waals surface area contributed by atoms with Gasteiger partial charge in [0.05, 0.1) is 6.42 Å². The summed E-state index contributed by atoms with van der Waals surface area (Å²) in [4.78, 5) is 12.2. The van der Waals surface area contributed by atoms with Crippen molar-refractivity contribution in [2.24, 2.45) is 0 Å². The maximum Gasteiger partial charge on any atom is 0.322 e. The molecule has 0 aliphatic rings. The van der Waals surface area contributed by atoms with Crippen LogP contribution in [0.15, 0.2) is 51.4 Å². The molecule has 0 atom stereocenters. The Balaban J connectivity index is 1.70. The maximum atomic E-state index is 12.2. The van der Waals surface area contributed by atoms with Gasteiger partial charge >= 0.3 is 6.01 Å². The monoisotopic (exact) mass is 385 g/mol. The molecule has 1 heterocycles. The minimum absolute atomic E-state index is 0.0975. The summed E-state index contributed by atoms with van der Waals surface area (Å²) in [7, 11) is 0. The Labute approximate surface area is 148 Å². The molecule has 2 aromatic carbocycles. The average Bonchev–Trinajstić information content (AvgIpc) is 2.99. The molecule has 0 radical (unpaired) electrons. The van der Waals surface area contributed by atoms with Crippen LogP contribution in [0.3, 0.4) is 0 Å². The van der Waals surface area contributed by atoms with Crippen LogP contribution in [0.1, 0.15) is 16.7 Å². The van der Waals surface area contributed by atoms with Gasteiger partial charge in [-0.05, 0) is 43.2 Å². The van der Waals surface area contributed by atoms with Crippen molar-refractivity contribution in [1.29, 1.82) is 0 Å². The first-order valence-corrected chi connectivity index (χ1v) is 8.26. The molecule has 0 aliphatic heterocycles. The third kappa shape index (κ3) is 3.89. The molecule has 24 heavy (non-hydrogen) atoms. The zero-order valence-electron chi connectivity index (χ0n) is 13.3. The average molecular weight is 386 g/mol. The van der Waals surface area contributed by atoms with Crippen LogP contribution < -0.4 is 5.32 Å². The van der Waals surface area contributed by atoms with E-state index in [-0.39, 0.29) is 18.3 Å². The lowest BCUT2D eigenvalue weighted by atomic mass is 10.0. The van der Waals surface area contributed by atoms with Crippen LogP contribution >= 0.6 is 15.9 Å². The molecule has 1 amide bonds. The Hall–Kier alpha value is -2.47. The highest BCUT2D eigenvalue weighted by molar-refractivity contribution is 9.10. The molecule has 1 aromatic heterocycles. The van der Waals surface area contributed by atoms with Crippen LogP contribution in [-0.2, 0) is 11.2 Å². The summed E-state index contributed by atoms with van der Waals surface area (Å²) in [5, 5.41) is 10.5. The smallest absolute Gasteiger partial charge is 0.322 e. The molecular formula is C18H16BrN3O2. The van der Waals surface area contributed by atoms with Crippen LogP contribution in [0.25, 0.3) is 11.5 Å². The molecule has 1 N–H and O–H groups in total. The van der Waals surface area contributed by atoms with Crippen molar-refractivity contribution >= 4 is 27.9 Å². The Morgan fingerprint density at radius 2 is 2.00 bits per heavy atom. The largest absolute Gasteiger partial charge is 0.403 e. The first-order chi connectivity index (χ1) is 11.5. The molecular weight excluding hydrogens is 370 g/mol. The van der Waals surface area contributed by atoms with Gasteiger partial charge in [-0.2, -0.15) is 0 Å². The Morgan fingerprint density at radius 3 is 2.79 bits per heavy atom. The second-order valence-electron chi connectivity index (χ2n) is 5.58. The van der Waals surface area contributed by atoms with Gasteiger partial charge < -0.3 is 4.42 Å². The van der Waals surface area contributed by atoms with Crippen molar-refractivity contribution in [3.05, 3.63) is 63.6 Å². The number of hydrogen-bond donors (Lipinski definition) is 1. The molecule has 0 spiro atoms. The second-order valence-corrected chi connectivity index (χ2v) is 6.49. The van der Waals surface area contributed by atoms with Crippen molar-refractivity contribution in [2.45, 2.75) is 20.3 Å². The van der Waals surface area contributed by atoms with Gasteiger partial charge in [0.2, 0.25) is 11.8 Å². The lowest BCUT2D eigenvalue weighted by Gasteiger charge is -2.06. The number of aryl methyl sites for hydroxylation is 2. The summed E-state index contributed by atoms with van der Waals surface area (Å²) >= 11 is 3.40. The molecule has 6 heteroatoms. The number of nitrogens with zero attached hydrogens (tertiary/aromatic N) is 2. The van der Waals surface area contributed by atoms with E-state index in [0.29, 0.717) is 5.89 Å². The van der Waals surface area contributed by atoms with E-state index in [1.807, 2.05) is 56.3 Å². The number of aromatic nitrogens is 2. The molecule has 0 saturated heterocycles. The van der Waals surface area contributed by atoms with E-state index in [1.165, 1.54) is 0 Å². The quantitative estimate of drug-likeness (QED) is 0.726. The number of halogens is 1. The van der Waals surface area contributed by atoms with Crippen molar-refractivity contribution < 1.29 is 9.21 Å². The molecule has 0 unspecified atom stereocenters. The highest BCUT2D eigenvalue weighted by Gasteiger charge is 2.13. The van der Waals surface area contributed by atoms with E-state index in [9.17, 15) is 4.79 Å². The molecule has 122 valence electrons. The number of amides is 1. The van der Waals surface area contributed by atoms with E-state index in [2.05, 4.69) is 31.4 Å². The zero-order chi connectivity index (χ0) is 17.1. The fourth-order valence-corrected chi connectivity index (χ4v) is 2.74. The van der Waals surface area contributed by atoms with E-state index in [0.717, 1.165) is 26.7 Å². The number of carbonyl (C=O) groups excluding carboxylic acids is 1. The summed E-state index contributed by atoms with van der Waals surface area (Å²) in [5.41, 5.74) is 3.97. The van der Waals surface area contributed by atoms with Gasteiger partial charge in [-0.15, -0.1) is 5.10 Å². The fraction of sp³-hybridized carbons (Fsp3) is 0.167. The van der Waals surface area contributed by atoms with Gasteiger partial charge in [0.1, 0.15) is 0 Å². The highest BCUT2D eigenvalue weighted by Crippen LogP contribution is 2.23. The summed E-state index contributed by atoms with van der Waals surface area (Å²) in [6.07, 6.45) is 0.266. The number of carbonyl (C=O) groups is 1. The normalized spacial score (nSPS) is 10.6. The fourth-order valence-electron chi connectivity index (χ4n) is 2.34. The summed E-state index contributed by atoms with van der Waals surface area (Å²) in [6.45, 7) is 3.99. The first-order valence-electron chi connectivity index (χ1n) is 7.47. The van der Waals surface area contributed by atoms with Crippen molar-refractivity contribution in [3.63, 3.8) is 0 Å². The minimum atomic E-state index is -0.187. The van der Waals surface area contributed by atoms with Crippen molar-refractivity contribution in [3.8, 4) is 11.5 Å². The Bertz CT molecular complexity index is 889. The van der Waals surface area contributed by atoms with Crippen LogP contribution in [0, 0.1) is 13.8 Å². The molecule has 0 aliphatic carbocycles. The lowest BCUT2D eigenvalue weighted by Crippen LogP contribution is -2.15. The standard InChI is InChI=1S/C18H16BrN3O2/c1-11-6-7-12(2)14(8-11)10-16(23)20-18-22-21-17(24-18)13-4-3-5-15(19)9-13/h3-9H,10H2,1-2H3,(H,20,22,23). The molecule has 5 nitrogen and oxygen atoms in total. The molecule has 0 bridgehead atoms. The van der Waals surface area contributed by atoms with Crippen LogP contribution in [0.4, 0.5) is 6.01 Å². The number of rotatable bonds is 4. The van der Waals surface area contributed by atoms with Gasteiger partial charge in [-0.3, -0.25) is 10.1 Å². The molecule has 0 saturated carbocycles. The van der Waals surface area contributed by atoms with E-state index in [1.54, 1.807) is 0 Å². The highest BCUT2D eigenvalue weighted by atomic mass is 79.9. The van der Waals surface area contributed by atoms with E-state index < -0.39 is 0 Å². The van der Waals surface area contributed by atoms with Gasteiger partial charge in [0.15, 0.2) is 0 Å². The summed E-state index contributed by atoms with van der Waals surface area (Å²) < 4.78 is 6.43. The first kappa shape index (κ1) is 16.4. The third-order valence-electron chi connectivity index (χ3n) is 3.60. The van der Waals surface area contributed by atoms with Gasteiger partial charge in [-0.25, -0.2) is 0 Å². The Kier molecular flexibility index (Phi) is 4.76. The van der Waals surface area contributed by atoms with Gasteiger partial charge in [0, 0.05) is 10.0 Å². The summed E-state index contributed by atoms with van der Waals surface area (Å²) in [6, 6.07) is 13.7. The minimum Gasteiger partial charge on any atom is -0.403 e. The number of hydrogen-bond acceptors (Lipinski definition) is 4. The summed E-state index contributed by atoms with van der Waals surface area (Å²) in [5.74, 6) is 0.173. The maximum absolute atomic E-state index is 12.2. The zero-order valence-corrected chi connectivity index (χ0v) is 14.9. The molecule has 0 fully saturated rings. The SMILES string of the molecule is Cc1ccc(C)c(CC(=O)Nc2nnc(-c3cccc(Br)c3)o2)c1. The number of anilines is 1. The van der Waals surface area contributed by atoms with Gasteiger partial charge in [0.25, 0.3) is 0 Å². The van der Waals surface area contributed by atoms with Crippen LogP contribution in [0.2, 0.25) is 0 Å². The van der Waals surface area contributed by atoms with Crippen molar-refractivity contribution in [1.82, 2.24) is 10.2 Å². The third-order valence-corrected chi connectivity index (χ3v) is 4.09. The predicted octanol–water partition coefficient (Wildman–Crippen LogP) is 4.30. The van der Waals surface area contributed by atoms with Gasteiger partial charge in [-0.1, -0.05) is 50.9 Å². The number of nitrogens with one attached hydrogen (secondary N) is 1. The Morgan fingerprint density at radius 1 is 1.17 bits per heavy atom. The molecule has 3 aromatic rings. The van der Waals surface area contributed by atoms with Crippen LogP contribution in [0.5, 0.6) is 0 Å². The van der Waals surface area contributed by atoms with Crippen molar-refractivity contribution in [2.75, 3.05) is 5.32 Å². The van der Waals surface area contributed by atoms with E-state index in [4.69, 9.17) is 4.42 Å². The topological polar surface area (TPSA) is 68.0 Å². The lowest BCUT2D eigenvalue weighted by molar-refractivity contribution is -0.115.